The molecule has 0 unspecified atom stereocenters. The highest BCUT2D eigenvalue weighted by Gasteiger charge is 2.37. The number of methoxy groups -OCH3 is 1. The van der Waals surface area contributed by atoms with Gasteiger partial charge < -0.3 is 25.6 Å². The van der Waals surface area contributed by atoms with Crippen molar-refractivity contribution in [3.05, 3.63) is 35.5 Å². The molecule has 2 atom stereocenters. The van der Waals surface area contributed by atoms with E-state index in [0.717, 1.165) is 12.8 Å². The summed E-state index contributed by atoms with van der Waals surface area (Å²) in [5.41, 5.74) is -0.245. The first-order valence-electron chi connectivity index (χ1n) is 11.1. The predicted molar refractivity (Wildman–Crippen MR) is 125 cm³/mol. The minimum atomic E-state index is -4.68. The van der Waals surface area contributed by atoms with Crippen molar-refractivity contribution in [3.63, 3.8) is 0 Å². The van der Waals surface area contributed by atoms with Gasteiger partial charge in [-0.15, -0.1) is 0 Å². The molecule has 1 fully saturated rings. The molecule has 0 spiro atoms. The lowest BCUT2D eigenvalue weighted by Crippen LogP contribution is -2.48. The number of alkyl halides is 3. The molecule has 1 aliphatic carbocycles. The van der Waals surface area contributed by atoms with Crippen molar-refractivity contribution in [2.75, 3.05) is 31.8 Å². The highest BCUT2D eigenvalue weighted by atomic mass is 19.4. The van der Waals surface area contributed by atoms with E-state index in [2.05, 4.69) is 25.9 Å². The van der Waals surface area contributed by atoms with Crippen molar-refractivity contribution in [1.29, 1.82) is 0 Å². The molecular formula is C23H29F3N6O3. The van der Waals surface area contributed by atoms with Crippen LogP contribution in [0.4, 0.5) is 30.6 Å². The number of hydrogen-bond acceptors (Lipinski definition) is 7. The number of amides is 2. The van der Waals surface area contributed by atoms with E-state index in [1.807, 2.05) is 0 Å². The zero-order chi connectivity index (χ0) is 25.8. The molecule has 1 heterocycles. The summed E-state index contributed by atoms with van der Waals surface area (Å²) >= 11 is 0. The maximum absolute atomic E-state index is 13.7. The van der Waals surface area contributed by atoms with Crippen LogP contribution in [0.25, 0.3) is 0 Å². The number of rotatable bonds is 7. The fraction of sp³-hybridized carbons (Fsp3) is 0.478. The zero-order valence-electron chi connectivity index (χ0n) is 20.0. The molecule has 3 rings (SSSR count). The van der Waals surface area contributed by atoms with E-state index in [0.29, 0.717) is 36.0 Å². The van der Waals surface area contributed by atoms with Crippen molar-refractivity contribution in [2.24, 2.45) is 0 Å². The standard InChI is InChI=1S/C23H29F3N6O3/c1-13(33)28-16-7-5-6-8-17(16)29-20-15(23(24,25)26)12-27-22(31-20)30-18-10-9-14(11-19(18)35-4)21(34)32(2)3/h9-12,16-17H,5-8H2,1-4H3,(H,28,33)(H2,27,29,30,31)/t16-,17-/m1/s1. The van der Waals surface area contributed by atoms with Gasteiger partial charge in [-0.3, -0.25) is 9.59 Å². The third kappa shape index (κ3) is 6.52. The number of aromatic nitrogens is 2. The van der Waals surface area contributed by atoms with Crippen molar-refractivity contribution in [1.82, 2.24) is 20.2 Å². The molecule has 12 heteroatoms. The van der Waals surface area contributed by atoms with Crippen molar-refractivity contribution < 1.29 is 27.5 Å². The smallest absolute Gasteiger partial charge is 0.421 e. The minimum absolute atomic E-state index is 0.0858. The van der Waals surface area contributed by atoms with E-state index in [9.17, 15) is 22.8 Å². The maximum Gasteiger partial charge on any atom is 0.421 e. The van der Waals surface area contributed by atoms with Gasteiger partial charge in [-0.05, 0) is 31.0 Å². The van der Waals surface area contributed by atoms with Gasteiger partial charge in [0.1, 0.15) is 17.1 Å². The Morgan fingerprint density at radius 1 is 1.14 bits per heavy atom. The highest BCUT2D eigenvalue weighted by Crippen LogP contribution is 2.36. The van der Waals surface area contributed by atoms with Crippen molar-refractivity contribution >= 4 is 29.3 Å². The topological polar surface area (TPSA) is 108 Å². The number of hydrogen-bond donors (Lipinski definition) is 3. The molecule has 1 aromatic carbocycles. The van der Waals surface area contributed by atoms with Crippen LogP contribution in [0.5, 0.6) is 5.75 Å². The number of nitrogens with zero attached hydrogens (tertiary/aromatic N) is 3. The molecular weight excluding hydrogens is 465 g/mol. The van der Waals surface area contributed by atoms with E-state index in [4.69, 9.17) is 4.74 Å². The van der Waals surface area contributed by atoms with Crippen LogP contribution < -0.4 is 20.7 Å². The highest BCUT2D eigenvalue weighted by molar-refractivity contribution is 5.95. The Balaban J connectivity index is 1.91. The molecule has 35 heavy (non-hydrogen) atoms. The number of halogens is 3. The van der Waals surface area contributed by atoms with Crippen LogP contribution in [-0.2, 0) is 11.0 Å². The predicted octanol–water partition coefficient (Wildman–Crippen LogP) is 3.81. The molecule has 9 nitrogen and oxygen atoms in total. The summed E-state index contributed by atoms with van der Waals surface area (Å²) in [6.45, 7) is 1.38. The average Bonchev–Trinajstić information content (AvgIpc) is 2.79. The molecule has 1 aromatic heterocycles. The normalized spacial score (nSPS) is 17.9. The van der Waals surface area contributed by atoms with Gasteiger partial charge >= 0.3 is 6.18 Å². The number of anilines is 3. The largest absolute Gasteiger partial charge is 0.495 e. The Morgan fingerprint density at radius 2 is 1.83 bits per heavy atom. The number of ether oxygens (including phenoxy) is 1. The van der Waals surface area contributed by atoms with Crippen LogP contribution in [-0.4, -0.2) is 60.0 Å². The van der Waals surface area contributed by atoms with Crippen molar-refractivity contribution in [3.8, 4) is 5.75 Å². The van der Waals surface area contributed by atoms with Gasteiger partial charge in [0.05, 0.1) is 12.8 Å². The third-order valence-corrected chi connectivity index (χ3v) is 5.67. The van der Waals surface area contributed by atoms with Crippen LogP contribution in [0.1, 0.15) is 48.5 Å². The van der Waals surface area contributed by atoms with E-state index in [-0.39, 0.29) is 29.6 Å². The molecule has 2 amide bonds. The molecule has 3 N–H and O–H groups in total. The Labute approximate surface area is 201 Å². The van der Waals surface area contributed by atoms with Gasteiger partial charge in [0.2, 0.25) is 11.9 Å². The molecule has 190 valence electrons. The first-order valence-corrected chi connectivity index (χ1v) is 11.1. The molecule has 1 aliphatic rings. The molecule has 0 aliphatic heterocycles. The van der Waals surface area contributed by atoms with Crippen LogP contribution in [0.2, 0.25) is 0 Å². The molecule has 0 bridgehead atoms. The van der Waals surface area contributed by atoms with E-state index in [1.54, 1.807) is 26.2 Å². The Kier molecular flexibility index (Phi) is 8.03. The van der Waals surface area contributed by atoms with Gasteiger partial charge in [-0.25, -0.2) is 4.98 Å². The van der Waals surface area contributed by atoms with Crippen LogP contribution in [0.3, 0.4) is 0 Å². The van der Waals surface area contributed by atoms with Gasteiger partial charge in [0.25, 0.3) is 5.91 Å². The maximum atomic E-state index is 13.7. The molecule has 1 saturated carbocycles. The fourth-order valence-corrected chi connectivity index (χ4v) is 3.98. The molecule has 0 saturated heterocycles. The van der Waals surface area contributed by atoms with Gasteiger partial charge in [0, 0.05) is 44.9 Å². The second-order valence-corrected chi connectivity index (χ2v) is 8.54. The lowest BCUT2D eigenvalue weighted by molar-refractivity contribution is -0.137. The van der Waals surface area contributed by atoms with Gasteiger partial charge in [0.15, 0.2) is 0 Å². The van der Waals surface area contributed by atoms with E-state index >= 15 is 0 Å². The van der Waals surface area contributed by atoms with Crippen LogP contribution in [0, 0.1) is 0 Å². The summed E-state index contributed by atoms with van der Waals surface area (Å²) in [6, 6.07) is 3.93. The number of nitrogens with one attached hydrogen (secondary N) is 3. The van der Waals surface area contributed by atoms with E-state index in [1.165, 1.54) is 25.0 Å². The lowest BCUT2D eigenvalue weighted by Gasteiger charge is -2.33. The third-order valence-electron chi connectivity index (χ3n) is 5.67. The summed E-state index contributed by atoms with van der Waals surface area (Å²) in [5.74, 6) is -0.636. The number of benzene rings is 1. The summed E-state index contributed by atoms with van der Waals surface area (Å²) in [4.78, 5) is 33.2. The number of carbonyl (C=O) groups is 2. The quantitative estimate of drug-likeness (QED) is 0.537. The summed E-state index contributed by atoms with van der Waals surface area (Å²) < 4.78 is 46.5. The lowest BCUT2D eigenvalue weighted by atomic mass is 9.90. The fourth-order valence-electron chi connectivity index (χ4n) is 3.98. The van der Waals surface area contributed by atoms with Crippen LogP contribution in [0.15, 0.2) is 24.4 Å². The van der Waals surface area contributed by atoms with Gasteiger partial charge in [-0.2, -0.15) is 18.2 Å². The minimum Gasteiger partial charge on any atom is -0.495 e. The van der Waals surface area contributed by atoms with Gasteiger partial charge in [-0.1, -0.05) is 12.8 Å². The average molecular weight is 495 g/mol. The Morgan fingerprint density at radius 3 is 2.43 bits per heavy atom. The zero-order valence-corrected chi connectivity index (χ0v) is 20.0. The van der Waals surface area contributed by atoms with Crippen molar-refractivity contribution in [2.45, 2.75) is 50.9 Å². The SMILES string of the molecule is COc1cc(C(=O)N(C)C)ccc1Nc1ncc(C(F)(F)F)c(N[C@@H]2CCCC[C@H]2NC(C)=O)n1. The Hall–Kier alpha value is -3.57. The second kappa shape index (κ2) is 10.8. The first kappa shape index (κ1) is 26.0. The summed E-state index contributed by atoms with van der Waals surface area (Å²) in [6.07, 6.45) is -1.03. The summed E-state index contributed by atoms with van der Waals surface area (Å²) in [7, 11) is 4.65. The molecule has 2 aromatic rings. The Bertz CT molecular complexity index is 1080. The monoisotopic (exact) mass is 494 g/mol. The van der Waals surface area contributed by atoms with E-state index < -0.39 is 17.8 Å². The molecule has 0 radical (unpaired) electrons. The second-order valence-electron chi connectivity index (χ2n) is 8.54. The number of carbonyl (C=O) groups excluding carboxylic acids is 2. The first-order chi connectivity index (χ1) is 16.5. The summed E-state index contributed by atoms with van der Waals surface area (Å²) in [5, 5.41) is 8.58. The van der Waals surface area contributed by atoms with Crippen LogP contribution >= 0.6 is 0 Å².